The Bertz CT molecular complexity index is 312. The number of benzene rings is 1. The van der Waals surface area contributed by atoms with Crippen LogP contribution < -0.4 is 10.1 Å². The Morgan fingerprint density at radius 1 is 1.43 bits per heavy atom. The normalized spacial score (nSPS) is 10.3. The molecular weight excluding hydrogens is 242 g/mol. The van der Waals surface area contributed by atoms with Gasteiger partial charge in [0.15, 0.2) is 0 Å². The number of methoxy groups -OCH3 is 1. The number of rotatable bonds is 4. The van der Waals surface area contributed by atoms with Crippen molar-refractivity contribution in [2.24, 2.45) is 0 Å². The molecule has 0 atom stereocenters. The Morgan fingerprint density at radius 2 is 2.14 bits per heavy atom. The average Bonchev–Trinajstić information content (AvgIpc) is 2.18. The summed E-state index contributed by atoms with van der Waals surface area (Å²) in [4.78, 5) is 0. The lowest BCUT2D eigenvalue weighted by molar-refractivity contribution is 0.411. The van der Waals surface area contributed by atoms with E-state index in [1.54, 1.807) is 7.11 Å². The molecule has 0 fully saturated rings. The molecular formula is C11H16BrNO. The van der Waals surface area contributed by atoms with Gasteiger partial charge in [0.2, 0.25) is 0 Å². The van der Waals surface area contributed by atoms with Gasteiger partial charge in [0, 0.05) is 0 Å². The maximum Gasteiger partial charge on any atom is 0.133 e. The predicted molar refractivity (Wildman–Crippen MR) is 63.1 cm³/mol. The van der Waals surface area contributed by atoms with Crippen molar-refractivity contribution in [3.8, 4) is 5.75 Å². The second-order valence-electron chi connectivity index (χ2n) is 3.23. The topological polar surface area (TPSA) is 21.3 Å². The molecule has 1 rings (SSSR count). The molecule has 1 aromatic carbocycles. The summed E-state index contributed by atoms with van der Waals surface area (Å²) in [5, 5.41) is 3.15. The molecule has 0 bridgehead atoms. The number of hydrogen-bond acceptors (Lipinski definition) is 2. The Balaban J connectivity index is 2.99. The third-order valence-electron chi connectivity index (χ3n) is 2.29. The molecule has 14 heavy (non-hydrogen) atoms. The van der Waals surface area contributed by atoms with Crippen molar-refractivity contribution in [1.82, 2.24) is 5.32 Å². The van der Waals surface area contributed by atoms with Gasteiger partial charge in [-0.1, -0.05) is 6.07 Å². The minimum absolute atomic E-state index is 0.904. The largest absolute Gasteiger partial charge is 0.496 e. The summed E-state index contributed by atoms with van der Waals surface area (Å²) in [7, 11) is 3.65. The molecule has 0 aliphatic carbocycles. The van der Waals surface area contributed by atoms with Gasteiger partial charge in [-0.25, -0.2) is 0 Å². The Labute approximate surface area is 93.8 Å². The fraction of sp³-hybridized carbons (Fsp3) is 0.455. The summed E-state index contributed by atoms with van der Waals surface area (Å²) in [5.41, 5.74) is 2.62. The second kappa shape index (κ2) is 5.37. The number of ether oxygens (including phenoxy) is 1. The van der Waals surface area contributed by atoms with E-state index in [9.17, 15) is 0 Å². The average molecular weight is 258 g/mol. The summed E-state index contributed by atoms with van der Waals surface area (Å²) in [6, 6.07) is 4.08. The van der Waals surface area contributed by atoms with E-state index in [2.05, 4.69) is 34.2 Å². The van der Waals surface area contributed by atoms with E-state index in [0.29, 0.717) is 0 Å². The highest BCUT2D eigenvalue weighted by molar-refractivity contribution is 9.10. The van der Waals surface area contributed by atoms with Crippen molar-refractivity contribution in [2.75, 3.05) is 20.7 Å². The van der Waals surface area contributed by atoms with Gasteiger partial charge in [0.1, 0.15) is 5.75 Å². The van der Waals surface area contributed by atoms with Crippen LogP contribution in [0.15, 0.2) is 16.6 Å². The van der Waals surface area contributed by atoms with Crippen LogP contribution in [0.1, 0.15) is 11.1 Å². The van der Waals surface area contributed by atoms with Gasteiger partial charge in [0.25, 0.3) is 0 Å². The highest BCUT2D eigenvalue weighted by Crippen LogP contribution is 2.30. The highest BCUT2D eigenvalue weighted by Gasteiger charge is 2.08. The lowest BCUT2D eigenvalue weighted by Crippen LogP contribution is -2.11. The van der Waals surface area contributed by atoms with Crippen LogP contribution in [0.25, 0.3) is 0 Å². The monoisotopic (exact) mass is 257 g/mol. The van der Waals surface area contributed by atoms with Crippen molar-refractivity contribution in [3.05, 3.63) is 27.7 Å². The number of aryl methyl sites for hydroxylation is 1. The van der Waals surface area contributed by atoms with Gasteiger partial charge in [-0.3, -0.25) is 0 Å². The van der Waals surface area contributed by atoms with Gasteiger partial charge in [-0.2, -0.15) is 0 Å². The molecule has 0 heterocycles. The van der Waals surface area contributed by atoms with Gasteiger partial charge < -0.3 is 10.1 Å². The molecule has 0 amide bonds. The van der Waals surface area contributed by atoms with Gasteiger partial charge in [-0.15, -0.1) is 0 Å². The van der Waals surface area contributed by atoms with Crippen LogP contribution >= 0.6 is 15.9 Å². The van der Waals surface area contributed by atoms with Crippen LogP contribution in [-0.2, 0) is 6.42 Å². The lowest BCUT2D eigenvalue weighted by atomic mass is 10.1. The molecule has 0 aliphatic heterocycles. The molecule has 3 heteroatoms. The first-order chi connectivity index (χ1) is 6.70. The molecule has 78 valence electrons. The zero-order valence-corrected chi connectivity index (χ0v) is 10.4. The molecule has 1 N–H and O–H groups in total. The summed E-state index contributed by atoms with van der Waals surface area (Å²) in [5.74, 6) is 0.904. The van der Waals surface area contributed by atoms with Crippen molar-refractivity contribution in [2.45, 2.75) is 13.3 Å². The van der Waals surface area contributed by atoms with E-state index in [-0.39, 0.29) is 0 Å². The van der Waals surface area contributed by atoms with E-state index in [1.165, 1.54) is 11.1 Å². The fourth-order valence-corrected chi connectivity index (χ4v) is 2.22. The van der Waals surface area contributed by atoms with Gasteiger partial charge in [-0.05, 0) is 60.1 Å². The number of hydrogen-bond donors (Lipinski definition) is 1. The number of likely N-dealkylation sites (N-methyl/N-ethyl adjacent to an activating group) is 1. The van der Waals surface area contributed by atoms with Crippen molar-refractivity contribution < 1.29 is 4.74 Å². The predicted octanol–water partition coefficient (Wildman–Crippen LogP) is 2.53. The van der Waals surface area contributed by atoms with Gasteiger partial charge in [0.05, 0.1) is 11.6 Å². The quantitative estimate of drug-likeness (QED) is 0.896. The first-order valence-corrected chi connectivity index (χ1v) is 5.46. The number of nitrogens with one attached hydrogen (secondary N) is 1. The maximum atomic E-state index is 5.25. The smallest absolute Gasteiger partial charge is 0.133 e. The Hall–Kier alpha value is -0.540. The summed E-state index contributed by atoms with van der Waals surface area (Å²) in [6.07, 6.45) is 1.01. The van der Waals surface area contributed by atoms with E-state index in [1.807, 2.05) is 13.1 Å². The first kappa shape index (κ1) is 11.5. The van der Waals surface area contributed by atoms with E-state index in [4.69, 9.17) is 4.74 Å². The standard InChI is InChI=1S/C11H16BrNO/c1-8-4-5-10(14-3)11(12)9(8)6-7-13-2/h4-5,13H,6-7H2,1-3H3. The maximum absolute atomic E-state index is 5.25. The second-order valence-corrected chi connectivity index (χ2v) is 4.02. The molecule has 0 aromatic heterocycles. The minimum Gasteiger partial charge on any atom is -0.496 e. The van der Waals surface area contributed by atoms with Crippen LogP contribution in [0.3, 0.4) is 0 Å². The minimum atomic E-state index is 0.904. The van der Waals surface area contributed by atoms with Crippen molar-refractivity contribution in [3.63, 3.8) is 0 Å². The summed E-state index contributed by atoms with van der Waals surface area (Å²) >= 11 is 3.57. The Morgan fingerprint density at radius 3 is 2.71 bits per heavy atom. The van der Waals surface area contributed by atoms with Crippen LogP contribution in [0, 0.1) is 6.92 Å². The summed E-state index contributed by atoms with van der Waals surface area (Å²) in [6.45, 7) is 3.10. The fourth-order valence-electron chi connectivity index (χ4n) is 1.41. The van der Waals surface area contributed by atoms with Crippen LogP contribution in [0.2, 0.25) is 0 Å². The highest BCUT2D eigenvalue weighted by atomic mass is 79.9. The van der Waals surface area contributed by atoms with Crippen molar-refractivity contribution in [1.29, 1.82) is 0 Å². The SMILES string of the molecule is CNCCc1c(C)ccc(OC)c1Br. The third-order valence-corrected chi connectivity index (χ3v) is 3.16. The van der Waals surface area contributed by atoms with E-state index in [0.717, 1.165) is 23.2 Å². The molecule has 0 aliphatic rings. The lowest BCUT2D eigenvalue weighted by Gasteiger charge is -2.11. The van der Waals surface area contributed by atoms with E-state index >= 15 is 0 Å². The van der Waals surface area contributed by atoms with Crippen LogP contribution in [-0.4, -0.2) is 20.7 Å². The van der Waals surface area contributed by atoms with Crippen LogP contribution in [0.4, 0.5) is 0 Å². The molecule has 1 aromatic rings. The number of halogens is 1. The Kier molecular flexibility index (Phi) is 4.42. The van der Waals surface area contributed by atoms with Gasteiger partial charge >= 0.3 is 0 Å². The molecule has 0 unspecified atom stereocenters. The molecule has 0 spiro atoms. The van der Waals surface area contributed by atoms with Crippen LogP contribution in [0.5, 0.6) is 5.75 Å². The zero-order chi connectivity index (χ0) is 10.6. The molecule has 0 saturated heterocycles. The van der Waals surface area contributed by atoms with E-state index < -0.39 is 0 Å². The van der Waals surface area contributed by atoms with Crippen molar-refractivity contribution >= 4 is 15.9 Å². The molecule has 2 nitrogen and oxygen atoms in total. The molecule has 0 radical (unpaired) electrons. The third kappa shape index (κ3) is 2.49. The zero-order valence-electron chi connectivity index (χ0n) is 8.86. The molecule has 0 saturated carbocycles. The first-order valence-electron chi connectivity index (χ1n) is 4.67. The summed E-state index contributed by atoms with van der Waals surface area (Å²) < 4.78 is 6.33.